The molecular formula is C9H19N3O2. The largest absolute Gasteiger partial charge is 0.383 e. The average Bonchev–Trinajstić information content (AvgIpc) is 2.61. The molecule has 0 spiro atoms. The predicted octanol–water partition coefficient (Wildman–Crippen LogP) is 0.0637. The number of aliphatic imine (C=N–C) groups is 1. The van der Waals surface area contributed by atoms with Crippen LogP contribution in [0.25, 0.3) is 0 Å². The molecule has 1 atom stereocenters. The summed E-state index contributed by atoms with van der Waals surface area (Å²) in [4.78, 5) is 4.32. The standard InChI is InChI=1S/C9H19N3O2/c1-9(4-3-6-14-9)8(12-10)11-5-7-13-2/h3-7,10H2,1-2H3,(H,11,12). The van der Waals surface area contributed by atoms with Gasteiger partial charge in [-0.2, -0.15) is 0 Å². The molecule has 3 N–H and O–H groups in total. The van der Waals surface area contributed by atoms with Crippen molar-refractivity contribution >= 4 is 5.84 Å². The van der Waals surface area contributed by atoms with Crippen molar-refractivity contribution in [2.45, 2.75) is 25.4 Å². The first-order valence-electron chi connectivity index (χ1n) is 4.87. The molecule has 0 saturated carbocycles. The van der Waals surface area contributed by atoms with Gasteiger partial charge in [-0.3, -0.25) is 4.99 Å². The average molecular weight is 201 g/mol. The van der Waals surface area contributed by atoms with Crippen LogP contribution in [0.1, 0.15) is 19.8 Å². The Bertz CT molecular complexity index is 200. The number of hydrogen-bond acceptors (Lipinski definition) is 4. The Labute approximate surface area is 84.6 Å². The van der Waals surface area contributed by atoms with Crippen molar-refractivity contribution in [1.82, 2.24) is 5.43 Å². The van der Waals surface area contributed by atoms with Crippen molar-refractivity contribution in [2.24, 2.45) is 10.8 Å². The zero-order valence-corrected chi connectivity index (χ0v) is 8.88. The second kappa shape index (κ2) is 5.29. The molecule has 1 fully saturated rings. The van der Waals surface area contributed by atoms with Gasteiger partial charge in [-0.1, -0.05) is 0 Å². The van der Waals surface area contributed by atoms with E-state index in [1.807, 2.05) is 6.92 Å². The van der Waals surface area contributed by atoms with Gasteiger partial charge in [0, 0.05) is 13.7 Å². The second-order valence-electron chi connectivity index (χ2n) is 3.55. The molecule has 1 heterocycles. The van der Waals surface area contributed by atoms with Crippen molar-refractivity contribution < 1.29 is 9.47 Å². The number of nitrogens with zero attached hydrogens (tertiary/aromatic N) is 1. The third kappa shape index (κ3) is 2.67. The number of nitrogens with one attached hydrogen (secondary N) is 1. The molecule has 1 rings (SSSR count). The number of hydrazine groups is 1. The van der Waals surface area contributed by atoms with Crippen molar-refractivity contribution in [3.63, 3.8) is 0 Å². The smallest absolute Gasteiger partial charge is 0.143 e. The molecule has 0 radical (unpaired) electrons. The first kappa shape index (κ1) is 11.4. The maximum Gasteiger partial charge on any atom is 0.143 e. The monoisotopic (exact) mass is 201 g/mol. The third-order valence-corrected chi connectivity index (χ3v) is 2.42. The zero-order valence-electron chi connectivity index (χ0n) is 8.88. The Morgan fingerprint density at radius 3 is 3.00 bits per heavy atom. The van der Waals surface area contributed by atoms with Gasteiger partial charge in [0.15, 0.2) is 0 Å². The SMILES string of the molecule is COCCN=C(NN)C1(C)CCCO1. The number of methoxy groups -OCH3 is 1. The summed E-state index contributed by atoms with van der Waals surface area (Å²) < 4.78 is 10.5. The van der Waals surface area contributed by atoms with Crippen LogP contribution in [0.3, 0.4) is 0 Å². The van der Waals surface area contributed by atoms with Gasteiger partial charge in [0.1, 0.15) is 11.4 Å². The van der Waals surface area contributed by atoms with Gasteiger partial charge in [0.05, 0.1) is 13.2 Å². The number of amidine groups is 1. The first-order chi connectivity index (χ1) is 6.73. The summed E-state index contributed by atoms with van der Waals surface area (Å²) in [5, 5.41) is 0. The van der Waals surface area contributed by atoms with Crippen molar-refractivity contribution in [2.75, 3.05) is 26.9 Å². The molecule has 0 aromatic carbocycles. The van der Waals surface area contributed by atoms with E-state index in [9.17, 15) is 0 Å². The maximum atomic E-state index is 5.61. The lowest BCUT2D eigenvalue weighted by Gasteiger charge is -2.24. The van der Waals surface area contributed by atoms with E-state index in [1.165, 1.54) is 0 Å². The minimum atomic E-state index is -0.331. The molecule has 0 bridgehead atoms. The van der Waals surface area contributed by atoms with E-state index in [4.69, 9.17) is 15.3 Å². The van der Waals surface area contributed by atoms with E-state index >= 15 is 0 Å². The fraction of sp³-hybridized carbons (Fsp3) is 0.889. The molecular weight excluding hydrogens is 182 g/mol. The highest BCUT2D eigenvalue weighted by Gasteiger charge is 2.35. The summed E-state index contributed by atoms with van der Waals surface area (Å²) in [6.45, 7) is 3.99. The number of ether oxygens (including phenoxy) is 2. The maximum absolute atomic E-state index is 5.61. The van der Waals surface area contributed by atoms with Gasteiger partial charge in [0.2, 0.25) is 0 Å². The fourth-order valence-electron chi connectivity index (χ4n) is 1.58. The van der Waals surface area contributed by atoms with Crippen LogP contribution >= 0.6 is 0 Å². The topological polar surface area (TPSA) is 68.9 Å². The molecule has 1 saturated heterocycles. The molecule has 5 nitrogen and oxygen atoms in total. The number of rotatable bonds is 4. The van der Waals surface area contributed by atoms with Gasteiger partial charge < -0.3 is 14.9 Å². The van der Waals surface area contributed by atoms with Crippen LogP contribution in [0.2, 0.25) is 0 Å². The molecule has 82 valence electrons. The van der Waals surface area contributed by atoms with Gasteiger partial charge in [-0.25, -0.2) is 5.84 Å². The third-order valence-electron chi connectivity index (χ3n) is 2.42. The molecule has 0 aromatic heterocycles. The van der Waals surface area contributed by atoms with Crippen LogP contribution in [0.4, 0.5) is 0 Å². The molecule has 1 unspecified atom stereocenters. The van der Waals surface area contributed by atoms with Crippen LogP contribution in [0.15, 0.2) is 4.99 Å². The molecule has 0 amide bonds. The highest BCUT2D eigenvalue weighted by atomic mass is 16.5. The van der Waals surface area contributed by atoms with E-state index < -0.39 is 0 Å². The Hall–Kier alpha value is -0.650. The minimum absolute atomic E-state index is 0.331. The Balaban J connectivity index is 2.55. The van der Waals surface area contributed by atoms with Crippen molar-refractivity contribution in [3.8, 4) is 0 Å². The normalized spacial score (nSPS) is 28.1. The van der Waals surface area contributed by atoms with Crippen LogP contribution in [-0.2, 0) is 9.47 Å². The molecule has 1 aliphatic heterocycles. The lowest BCUT2D eigenvalue weighted by atomic mass is 10.0. The van der Waals surface area contributed by atoms with Crippen LogP contribution < -0.4 is 11.3 Å². The van der Waals surface area contributed by atoms with E-state index in [-0.39, 0.29) is 5.60 Å². The molecule has 0 aliphatic carbocycles. The summed E-state index contributed by atoms with van der Waals surface area (Å²) >= 11 is 0. The highest BCUT2D eigenvalue weighted by Crippen LogP contribution is 2.25. The van der Waals surface area contributed by atoms with Gasteiger partial charge >= 0.3 is 0 Å². The summed E-state index contributed by atoms with van der Waals surface area (Å²) in [6, 6.07) is 0. The molecule has 1 aliphatic rings. The van der Waals surface area contributed by atoms with Gasteiger partial charge in [-0.05, 0) is 19.8 Å². The van der Waals surface area contributed by atoms with Crippen LogP contribution in [0, 0.1) is 0 Å². The minimum Gasteiger partial charge on any atom is -0.383 e. The van der Waals surface area contributed by atoms with E-state index in [2.05, 4.69) is 10.4 Å². The first-order valence-corrected chi connectivity index (χ1v) is 4.87. The van der Waals surface area contributed by atoms with Gasteiger partial charge in [0.25, 0.3) is 0 Å². The Kier molecular flexibility index (Phi) is 4.31. The van der Waals surface area contributed by atoms with E-state index in [1.54, 1.807) is 7.11 Å². The van der Waals surface area contributed by atoms with Crippen molar-refractivity contribution in [1.29, 1.82) is 0 Å². The molecule has 14 heavy (non-hydrogen) atoms. The molecule has 0 aromatic rings. The summed E-state index contributed by atoms with van der Waals surface area (Å²) in [6.07, 6.45) is 2.02. The number of hydrogen-bond donors (Lipinski definition) is 2. The molecule has 5 heteroatoms. The van der Waals surface area contributed by atoms with E-state index in [0.29, 0.717) is 19.0 Å². The van der Waals surface area contributed by atoms with Gasteiger partial charge in [-0.15, -0.1) is 0 Å². The number of nitrogens with two attached hydrogens (primary N) is 1. The predicted molar refractivity (Wildman–Crippen MR) is 55.1 cm³/mol. The van der Waals surface area contributed by atoms with Crippen molar-refractivity contribution in [3.05, 3.63) is 0 Å². The Morgan fingerprint density at radius 1 is 1.71 bits per heavy atom. The highest BCUT2D eigenvalue weighted by molar-refractivity contribution is 5.90. The summed E-state index contributed by atoms with van der Waals surface area (Å²) in [7, 11) is 1.65. The summed E-state index contributed by atoms with van der Waals surface area (Å²) in [5.41, 5.74) is 2.28. The zero-order chi connectivity index (χ0) is 10.4. The Morgan fingerprint density at radius 2 is 2.50 bits per heavy atom. The van der Waals surface area contributed by atoms with E-state index in [0.717, 1.165) is 19.4 Å². The lowest BCUT2D eigenvalue weighted by Crippen LogP contribution is -2.47. The fourth-order valence-corrected chi connectivity index (χ4v) is 1.58. The summed E-state index contributed by atoms with van der Waals surface area (Å²) in [5.74, 6) is 6.13. The van der Waals surface area contributed by atoms with Crippen LogP contribution in [0.5, 0.6) is 0 Å². The van der Waals surface area contributed by atoms with Crippen LogP contribution in [-0.4, -0.2) is 38.3 Å². The quantitative estimate of drug-likeness (QED) is 0.222. The lowest BCUT2D eigenvalue weighted by molar-refractivity contribution is 0.0743. The second-order valence-corrected chi connectivity index (χ2v) is 3.55.